The van der Waals surface area contributed by atoms with Gasteiger partial charge in [0.05, 0.1) is 0 Å². The molecule has 0 unspecified atom stereocenters. The molecule has 0 aliphatic carbocycles. The molecule has 0 saturated carbocycles. The number of alkyl halides is 3. The maximum Gasteiger partial charge on any atom is 0.359 e. The highest BCUT2D eigenvalue weighted by molar-refractivity contribution is 6.55. The van der Waals surface area contributed by atoms with Crippen LogP contribution in [-0.4, -0.2) is 15.3 Å². The van der Waals surface area contributed by atoms with Gasteiger partial charge in [-0.25, -0.2) is 0 Å². The second-order valence-electron chi connectivity index (χ2n) is 4.74. The first-order chi connectivity index (χ1) is 6.68. The molecule has 1 rings (SSSR count). The highest BCUT2D eigenvalue weighted by Gasteiger charge is 2.28. The Balaban J connectivity index is 2.82. The lowest BCUT2D eigenvalue weighted by Crippen LogP contribution is -2.30. The van der Waals surface area contributed by atoms with Crippen LogP contribution in [0.25, 0.3) is 0 Å². The fraction of sp³-hybridized carbons (Fsp3) is 0.455. The Morgan fingerprint density at radius 2 is 1.40 bits per heavy atom. The maximum atomic E-state index is 12.1. The first-order valence-electron chi connectivity index (χ1n) is 4.85. The van der Waals surface area contributed by atoms with E-state index < -0.39 is 15.3 Å². The quantitative estimate of drug-likeness (QED) is 0.652. The molecule has 0 radical (unpaired) electrons. The van der Waals surface area contributed by atoms with Gasteiger partial charge in [-0.05, 0) is 11.0 Å². The minimum absolute atomic E-state index is 0.00167. The van der Waals surface area contributed by atoms with Crippen molar-refractivity contribution < 1.29 is 13.2 Å². The highest BCUT2D eigenvalue weighted by atomic mass is 28.2. The highest BCUT2D eigenvalue weighted by Crippen LogP contribution is 2.21. The lowest BCUT2D eigenvalue weighted by atomic mass is 9.87. The first-order valence-corrected chi connectivity index (χ1v) is 6.26. The molecule has 15 heavy (non-hydrogen) atoms. The molecule has 4 heteroatoms. The maximum absolute atomic E-state index is 12.1. The molecule has 0 amide bonds. The summed E-state index contributed by atoms with van der Waals surface area (Å²) < 4.78 is 36.4. The molecule has 0 spiro atoms. The van der Waals surface area contributed by atoms with Crippen LogP contribution in [-0.2, 0) is 5.41 Å². The van der Waals surface area contributed by atoms with Gasteiger partial charge in [0.15, 0.2) is 9.52 Å². The fourth-order valence-electron chi connectivity index (χ4n) is 1.35. The van der Waals surface area contributed by atoms with Gasteiger partial charge in [0.2, 0.25) is 0 Å². The first kappa shape index (κ1) is 12.3. The van der Waals surface area contributed by atoms with E-state index in [9.17, 15) is 13.2 Å². The topological polar surface area (TPSA) is 0 Å². The van der Waals surface area contributed by atoms with Gasteiger partial charge in [0.1, 0.15) is 0 Å². The predicted molar refractivity (Wildman–Crippen MR) is 59.4 cm³/mol. The molecular formula is C11H15F3Si. The number of rotatable bonds is 1. The monoisotopic (exact) mass is 232 g/mol. The normalized spacial score (nSPS) is 13.7. The minimum Gasteiger partial charge on any atom is -0.177 e. The zero-order chi connectivity index (χ0) is 11.7. The second-order valence-corrected chi connectivity index (χ2v) is 6.71. The molecule has 0 aliphatic heterocycles. The third kappa shape index (κ3) is 4.07. The summed E-state index contributed by atoms with van der Waals surface area (Å²) in [6.07, 6.45) is 0. The Bertz CT molecular complexity index is 319. The van der Waals surface area contributed by atoms with E-state index in [4.69, 9.17) is 0 Å². The van der Waals surface area contributed by atoms with Crippen molar-refractivity contribution >= 4 is 14.7 Å². The largest absolute Gasteiger partial charge is 0.359 e. The number of hydrogen-bond acceptors (Lipinski definition) is 0. The summed E-state index contributed by atoms with van der Waals surface area (Å²) in [5.74, 6) is -3.98. The van der Waals surface area contributed by atoms with Crippen molar-refractivity contribution in [2.45, 2.75) is 32.0 Å². The molecule has 0 fully saturated rings. The fourth-order valence-corrected chi connectivity index (χ4v) is 2.29. The molecule has 0 aliphatic rings. The van der Waals surface area contributed by atoms with Crippen LogP contribution in [0.15, 0.2) is 24.3 Å². The van der Waals surface area contributed by atoms with Gasteiger partial charge in [0.25, 0.3) is 0 Å². The molecule has 0 atom stereocenters. The van der Waals surface area contributed by atoms with Gasteiger partial charge in [-0.15, -0.1) is 0 Å². The SMILES string of the molecule is CC(C)(C)c1ccc([SiH2]C(F)(F)F)cc1. The molecular weight excluding hydrogens is 217 g/mol. The van der Waals surface area contributed by atoms with Crippen LogP contribution < -0.4 is 5.19 Å². The summed E-state index contributed by atoms with van der Waals surface area (Å²) in [4.78, 5) is 0. The third-order valence-corrected chi connectivity index (χ3v) is 3.51. The Kier molecular flexibility index (Phi) is 3.28. The van der Waals surface area contributed by atoms with Crippen molar-refractivity contribution in [1.82, 2.24) is 0 Å². The molecule has 0 saturated heterocycles. The van der Waals surface area contributed by atoms with Crippen LogP contribution in [0.2, 0.25) is 0 Å². The summed E-state index contributed by atoms with van der Waals surface area (Å²) in [5.41, 5.74) is 1.07. The van der Waals surface area contributed by atoms with E-state index in [1.807, 2.05) is 20.8 Å². The zero-order valence-electron chi connectivity index (χ0n) is 9.15. The molecule has 84 valence electrons. The molecule has 0 aromatic heterocycles. The van der Waals surface area contributed by atoms with Crippen LogP contribution in [0.3, 0.4) is 0 Å². The van der Waals surface area contributed by atoms with Gasteiger partial charge in [-0.2, -0.15) is 13.2 Å². The van der Waals surface area contributed by atoms with Crippen molar-refractivity contribution in [3.05, 3.63) is 29.8 Å². The Morgan fingerprint density at radius 3 is 1.73 bits per heavy atom. The van der Waals surface area contributed by atoms with E-state index in [1.54, 1.807) is 24.3 Å². The van der Waals surface area contributed by atoms with Crippen LogP contribution in [0.1, 0.15) is 26.3 Å². The van der Waals surface area contributed by atoms with E-state index in [2.05, 4.69) is 0 Å². The van der Waals surface area contributed by atoms with Gasteiger partial charge in [0, 0.05) is 0 Å². The van der Waals surface area contributed by atoms with E-state index in [0.29, 0.717) is 5.19 Å². The van der Waals surface area contributed by atoms with Gasteiger partial charge in [-0.1, -0.05) is 50.2 Å². The summed E-state index contributed by atoms with van der Waals surface area (Å²) in [7, 11) is -2.13. The molecule has 0 heterocycles. The number of benzene rings is 1. The number of hydrogen-bond donors (Lipinski definition) is 0. The molecule has 0 N–H and O–H groups in total. The van der Waals surface area contributed by atoms with Crippen LogP contribution >= 0.6 is 0 Å². The zero-order valence-corrected chi connectivity index (χ0v) is 10.6. The van der Waals surface area contributed by atoms with Crippen molar-refractivity contribution in [3.63, 3.8) is 0 Å². The lowest BCUT2D eigenvalue weighted by Gasteiger charge is -2.19. The summed E-state index contributed by atoms with van der Waals surface area (Å²) in [5, 5.41) is 0.454. The van der Waals surface area contributed by atoms with Crippen LogP contribution in [0, 0.1) is 0 Å². The van der Waals surface area contributed by atoms with Gasteiger partial charge in [-0.3, -0.25) is 0 Å². The van der Waals surface area contributed by atoms with Crippen LogP contribution in [0.4, 0.5) is 13.2 Å². The molecule has 0 nitrogen and oxygen atoms in total. The molecule has 0 bridgehead atoms. The number of halogens is 3. The Morgan fingerprint density at radius 1 is 0.933 bits per heavy atom. The predicted octanol–water partition coefficient (Wildman–Crippen LogP) is 2.30. The van der Waals surface area contributed by atoms with E-state index >= 15 is 0 Å². The summed E-state index contributed by atoms with van der Waals surface area (Å²) >= 11 is 0. The third-order valence-electron chi connectivity index (χ3n) is 2.22. The summed E-state index contributed by atoms with van der Waals surface area (Å²) in [6, 6.07) is 6.82. The molecule has 1 aromatic rings. The van der Waals surface area contributed by atoms with Crippen molar-refractivity contribution in [3.8, 4) is 0 Å². The average molecular weight is 232 g/mol. The Labute approximate surface area is 90.3 Å². The van der Waals surface area contributed by atoms with E-state index in [0.717, 1.165) is 5.56 Å². The Hall–Kier alpha value is -0.773. The standard InChI is InChI=1S/C11H15F3Si/c1-10(2,3)8-4-6-9(7-5-8)15-11(12,13)14/h4-7H,15H2,1-3H3. The smallest absolute Gasteiger partial charge is 0.177 e. The summed E-state index contributed by atoms with van der Waals surface area (Å²) in [6.45, 7) is 6.13. The molecule has 1 aromatic carbocycles. The van der Waals surface area contributed by atoms with Crippen molar-refractivity contribution in [2.24, 2.45) is 0 Å². The lowest BCUT2D eigenvalue weighted by molar-refractivity contribution is -0.0455. The second kappa shape index (κ2) is 4.00. The minimum atomic E-state index is -3.98. The van der Waals surface area contributed by atoms with Gasteiger partial charge >= 0.3 is 5.80 Å². The van der Waals surface area contributed by atoms with Crippen molar-refractivity contribution in [1.29, 1.82) is 0 Å². The van der Waals surface area contributed by atoms with Crippen LogP contribution in [0.5, 0.6) is 0 Å². The van der Waals surface area contributed by atoms with E-state index in [1.165, 1.54) is 0 Å². The van der Waals surface area contributed by atoms with Crippen molar-refractivity contribution in [2.75, 3.05) is 0 Å². The van der Waals surface area contributed by atoms with Gasteiger partial charge < -0.3 is 0 Å². The average Bonchev–Trinajstić information content (AvgIpc) is 2.00. The van der Waals surface area contributed by atoms with E-state index in [-0.39, 0.29) is 5.41 Å².